The first kappa shape index (κ1) is 24.3. The molecule has 0 fully saturated rings. The maximum Gasteiger partial charge on any atom is 0.257 e. The quantitative estimate of drug-likeness (QED) is 0.373. The third-order valence-corrected chi connectivity index (χ3v) is 4.87. The molecular formula is C27H32N2O4. The molecule has 33 heavy (non-hydrogen) atoms. The molecule has 1 N–H and O–H groups in total. The average molecular weight is 449 g/mol. The van der Waals surface area contributed by atoms with E-state index in [9.17, 15) is 4.79 Å². The van der Waals surface area contributed by atoms with Crippen molar-refractivity contribution in [2.45, 2.75) is 53.2 Å². The van der Waals surface area contributed by atoms with Crippen molar-refractivity contribution in [1.82, 2.24) is 4.98 Å². The molecule has 3 aromatic rings. The van der Waals surface area contributed by atoms with Crippen molar-refractivity contribution in [3.8, 4) is 17.2 Å². The van der Waals surface area contributed by atoms with Crippen LogP contribution >= 0.6 is 0 Å². The largest absolute Gasteiger partial charge is 0.491 e. The number of aryl methyl sites for hydroxylation is 1. The molecule has 6 heteroatoms. The minimum absolute atomic E-state index is 0.0935. The van der Waals surface area contributed by atoms with Gasteiger partial charge in [0.1, 0.15) is 17.2 Å². The van der Waals surface area contributed by atoms with Gasteiger partial charge >= 0.3 is 0 Å². The van der Waals surface area contributed by atoms with Crippen LogP contribution in [0.15, 0.2) is 60.7 Å². The number of hydrogen-bond donors (Lipinski definition) is 1. The van der Waals surface area contributed by atoms with Crippen LogP contribution in [-0.4, -0.2) is 23.6 Å². The molecule has 174 valence electrons. The second kappa shape index (κ2) is 11.5. The summed E-state index contributed by atoms with van der Waals surface area (Å²) in [7, 11) is 0. The smallest absolute Gasteiger partial charge is 0.257 e. The van der Waals surface area contributed by atoms with Gasteiger partial charge in [-0.1, -0.05) is 13.0 Å². The Hall–Kier alpha value is -3.38. The minimum Gasteiger partial charge on any atom is -0.491 e. The van der Waals surface area contributed by atoms with Crippen LogP contribution in [0, 0.1) is 6.92 Å². The summed E-state index contributed by atoms with van der Waals surface area (Å²) in [5.74, 6) is 1.90. The third kappa shape index (κ3) is 7.05. The first-order valence-corrected chi connectivity index (χ1v) is 11.3. The van der Waals surface area contributed by atoms with Gasteiger partial charge in [-0.3, -0.25) is 9.78 Å². The van der Waals surface area contributed by atoms with E-state index in [4.69, 9.17) is 14.2 Å². The number of carbonyl (C=O) groups excluding carboxylic acids is 1. The SMILES string of the molecule is CCCOC(C)c1ccc(C(=O)Nc2ccc(Oc3cccc(OC(C)C)c3)cc2)c(C)n1. The van der Waals surface area contributed by atoms with Crippen LogP contribution in [0.4, 0.5) is 5.69 Å². The standard InChI is InChI=1S/C27H32N2O4/c1-6-16-31-20(5)26-15-14-25(19(4)28-26)27(30)29-21-10-12-22(13-11-21)33-24-9-7-8-23(17-24)32-18(2)3/h7-15,17-18,20H,6,16H2,1-5H3,(H,29,30). The number of nitrogens with one attached hydrogen (secondary N) is 1. The van der Waals surface area contributed by atoms with Gasteiger partial charge in [-0.25, -0.2) is 0 Å². The molecule has 0 aliphatic heterocycles. The number of benzene rings is 2. The van der Waals surface area contributed by atoms with Crippen LogP contribution in [0.1, 0.15) is 62.0 Å². The highest BCUT2D eigenvalue weighted by Crippen LogP contribution is 2.27. The van der Waals surface area contributed by atoms with E-state index in [2.05, 4.69) is 17.2 Å². The first-order valence-electron chi connectivity index (χ1n) is 11.3. The van der Waals surface area contributed by atoms with Crippen molar-refractivity contribution < 1.29 is 19.0 Å². The molecule has 2 aromatic carbocycles. The average Bonchev–Trinajstić information content (AvgIpc) is 2.78. The number of amides is 1. The summed E-state index contributed by atoms with van der Waals surface area (Å²) in [5.41, 5.74) is 2.69. The third-order valence-electron chi connectivity index (χ3n) is 4.87. The number of anilines is 1. The van der Waals surface area contributed by atoms with E-state index in [1.165, 1.54) is 0 Å². The fourth-order valence-corrected chi connectivity index (χ4v) is 3.25. The van der Waals surface area contributed by atoms with Crippen molar-refractivity contribution in [1.29, 1.82) is 0 Å². The van der Waals surface area contributed by atoms with Gasteiger partial charge in [0.25, 0.3) is 5.91 Å². The number of rotatable bonds is 10. The molecule has 0 saturated heterocycles. The van der Waals surface area contributed by atoms with Crippen LogP contribution in [-0.2, 0) is 4.74 Å². The highest BCUT2D eigenvalue weighted by Gasteiger charge is 2.14. The molecule has 3 rings (SSSR count). The van der Waals surface area contributed by atoms with Crippen molar-refractivity contribution in [3.63, 3.8) is 0 Å². The molecule has 6 nitrogen and oxygen atoms in total. The molecule has 0 radical (unpaired) electrons. The molecule has 0 spiro atoms. The molecule has 0 aliphatic carbocycles. The summed E-state index contributed by atoms with van der Waals surface area (Å²) >= 11 is 0. The first-order chi connectivity index (χ1) is 15.9. The lowest BCUT2D eigenvalue weighted by Crippen LogP contribution is -2.15. The molecule has 1 unspecified atom stereocenters. The van der Waals surface area contributed by atoms with Gasteiger partial charge in [-0.2, -0.15) is 0 Å². The fourth-order valence-electron chi connectivity index (χ4n) is 3.25. The molecule has 1 amide bonds. The summed E-state index contributed by atoms with van der Waals surface area (Å²) < 4.78 is 17.3. The van der Waals surface area contributed by atoms with Gasteiger partial charge in [-0.15, -0.1) is 0 Å². The Labute approximate surface area is 195 Å². The van der Waals surface area contributed by atoms with Crippen molar-refractivity contribution in [2.24, 2.45) is 0 Å². The van der Waals surface area contributed by atoms with Crippen molar-refractivity contribution >= 4 is 11.6 Å². The molecular weight excluding hydrogens is 416 g/mol. The zero-order valence-corrected chi connectivity index (χ0v) is 19.9. The zero-order valence-electron chi connectivity index (χ0n) is 19.9. The van der Waals surface area contributed by atoms with Crippen LogP contribution in [0.25, 0.3) is 0 Å². The number of ether oxygens (including phenoxy) is 3. The summed E-state index contributed by atoms with van der Waals surface area (Å²) in [6.07, 6.45) is 0.939. The van der Waals surface area contributed by atoms with E-state index in [0.717, 1.165) is 17.9 Å². The summed E-state index contributed by atoms with van der Waals surface area (Å²) in [4.78, 5) is 17.3. The van der Waals surface area contributed by atoms with E-state index in [0.29, 0.717) is 35.1 Å². The topological polar surface area (TPSA) is 69.7 Å². The van der Waals surface area contributed by atoms with Crippen molar-refractivity contribution in [3.05, 3.63) is 77.6 Å². The Morgan fingerprint density at radius 3 is 2.36 bits per heavy atom. The number of hydrogen-bond acceptors (Lipinski definition) is 5. The lowest BCUT2D eigenvalue weighted by molar-refractivity contribution is 0.0632. The Bertz CT molecular complexity index is 1060. The van der Waals surface area contributed by atoms with Gasteiger partial charge in [0.05, 0.1) is 29.2 Å². The van der Waals surface area contributed by atoms with E-state index < -0.39 is 0 Å². The van der Waals surface area contributed by atoms with Gasteiger partial charge in [0.15, 0.2) is 0 Å². The molecule has 0 bridgehead atoms. The summed E-state index contributed by atoms with van der Waals surface area (Å²) in [5, 5.41) is 2.92. The zero-order chi connectivity index (χ0) is 23.8. The number of nitrogens with zero attached hydrogens (tertiary/aromatic N) is 1. The predicted octanol–water partition coefficient (Wildman–Crippen LogP) is 6.71. The predicted molar refractivity (Wildman–Crippen MR) is 130 cm³/mol. The number of pyridine rings is 1. The molecule has 1 heterocycles. The van der Waals surface area contributed by atoms with Crippen LogP contribution in [0.5, 0.6) is 17.2 Å². The van der Waals surface area contributed by atoms with E-state index in [1.54, 1.807) is 18.2 Å². The molecule has 1 atom stereocenters. The van der Waals surface area contributed by atoms with Crippen molar-refractivity contribution in [2.75, 3.05) is 11.9 Å². The Morgan fingerprint density at radius 2 is 1.70 bits per heavy atom. The molecule has 0 saturated carbocycles. The van der Waals surface area contributed by atoms with Gasteiger partial charge < -0.3 is 19.5 Å². The van der Waals surface area contributed by atoms with Crippen LogP contribution in [0.2, 0.25) is 0 Å². The van der Waals surface area contributed by atoms with E-state index >= 15 is 0 Å². The number of carbonyl (C=O) groups is 1. The lowest BCUT2D eigenvalue weighted by Gasteiger charge is -2.14. The van der Waals surface area contributed by atoms with Gasteiger partial charge in [-0.05, 0) is 82.6 Å². The number of aromatic nitrogens is 1. The highest BCUT2D eigenvalue weighted by atomic mass is 16.5. The Kier molecular flexibility index (Phi) is 8.44. The monoisotopic (exact) mass is 448 g/mol. The second-order valence-electron chi connectivity index (χ2n) is 8.10. The minimum atomic E-state index is -0.208. The van der Waals surface area contributed by atoms with Gasteiger partial charge in [0.2, 0.25) is 0 Å². The summed E-state index contributed by atoms with van der Waals surface area (Å²) in [6.45, 7) is 10.5. The molecule has 0 aliphatic rings. The lowest BCUT2D eigenvalue weighted by atomic mass is 10.1. The van der Waals surface area contributed by atoms with Gasteiger partial charge in [0, 0.05) is 18.4 Å². The highest BCUT2D eigenvalue weighted by molar-refractivity contribution is 6.05. The van der Waals surface area contributed by atoms with Crippen LogP contribution < -0.4 is 14.8 Å². The normalized spacial score (nSPS) is 11.8. The second-order valence-corrected chi connectivity index (χ2v) is 8.10. The van der Waals surface area contributed by atoms with E-state index in [-0.39, 0.29) is 18.1 Å². The Morgan fingerprint density at radius 1 is 0.970 bits per heavy atom. The summed E-state index contributed by atoms with van der Waals surface area (Å²) in [6, 6.07) is 18.4. The van der Waals surface area contributed by atoms with Crippen LogP contribution in [0.3, 0.4) is 0 Å². The maximum absolute atomic E-state index is 12.8. The maximum atomic E-state index is 12.8. The fraction of sp³-hybridized carbons (Fsp3) is 0.333. The Balaban J connectivity index is 1.62. The molecule has 1 aromatic heterocycles. The van der Waals surface area contributed by atoms with E-state index in [1.807, 2.05) is 70.2 Å².